The van der Waals surface area contributed by atoms with Gasteiger partial charge in [-0.1, -0.05) is 6.92 Å². The van der Waals surface area contributed by atoms with Crippen LogP contribution in [0.15, 0.2) is 18.2 Å². The molecule has 112 valence electrons. The van der Waals surface area contributed by atoms with Gasteiger partial charge in [0.05, 0.1) is 11.0 Å². The molecule has 6 heteroatoms. The molecule has 0 radical (unpaired) electrons. The molecule has 1 aliphatic rings. The van der Waals surface area contributed by atoms with E-state index in [0.717, 1.165) is 44.6 Å². The second kappa shape index (κ2) is 7.04. The smallest absolute Gasteiger partial charge is 0.289 e. The number of rotatable bonds is 5. The van der Waals surface area contributed by atoms with Gasteiger partial charge in [-0.15, -0.1) is 0 Å². The molecular weight excluding hydrogens is 270 g/mol. The molecule has 2 rings (SSSR count). The number of hydrogen-bond acceptors (Lipinski definition) is 5. The van der Waals surface area contributed by atoms with E-state index in [-0.39, 0.29) is 17.4 Å². The van der Waals surface area contributed by atoms with Crippen LogP contribution in [0.1, 0.15) is 31.7 Å². The van der Waals surface area contributed by atoms with Gasteiger partial charge in [0.2, 0.25) is 0 Å². The molecule has 1 heterocycles. The molecule has 0 spiro atoms. The van der Waals surface area contributed by atoms with Crippen molar-refractivity contribution in [1.29, 1.82) is 5.26 Å². The molecule has 21 heavy (non-hydrogen) atoms. The summed E-state index contributed by atoms with van der Waals surface area (Å²) < 4.78 is 5.78. The summed E-state index contributed by atoms with van der Waals surface area (Å²) in [5, 5.41) is 20.0. The third-order valence-corrected chi connectivity index (χ3v) is 3.60. The van der Waals surface area contributed by atoms with Crippen LogP contribution in [-0.4, -0.2) is 30.7 Å². The number of nitro benzene ring substituents is 1. The van der Waals surface area contributed by atoms with Crippen LogP contribution in [-0.2, 0) is 4.74 Å². The zero-order valence-electron chi connectivity index (χ0n) is 12.1. The molecule has 0 N–H and O–H groups in total. The van der Waals surface area contributed by atoms with Gasteiger partial charge in [-0.05, 0) is 31.4 Å². The Morgan fingerprint density at radius 3 is 3.05 bits per heavy atom. The SMILES string of the molecule is CCCOC1CCCN(c2ccc(C#N)c([N+](=O)[O-])c2)C1. The highest BCUT2D eigenvalue weighted by atomic mass is 16.6. The first kappa shape index (κ1) is 15.3. The highest BCUT2D eigenvalue weighted by Gasteiger charge is 2.23. The van der Waals surface area contributed by atoms with Crippen molar-refractivity contribution in [2.24, 2.45) is 0 Å². The highest BCUT2D eigenvalue weighted by molar-refractivity contribution is 5.60. The van der Waals surface area contributed by atoms with Crippen LogP contribution in [0.4, 0.5) is 11.4 Å². The maximum Gasteiger partial charge on any atom is 0.289 e. The molecule has 1 unspecified atom stereocenters. The fourth-order valence-corrected chi connectivity index (χ4v) is 2.56. The zero-order chi connectivity index (χ0) is 15.2. The summed E-state index contributed by atoms with van der Waals surface area (Å²) in [6, 6.07) is 6.64. The predicted molar refractivity (Wildman–Crippen MR) is 79.3 cm³/mol. The van der Waals surface area contributed by atoms with Crippen molar-refractivity contribution < 1.29 is 9.66 Å². The summed E-state index contributed by atoms with van der Waals surface area (Å²) in [4.78, 5) is 12.6. The van der Waals surface area contributed by atoms with Crippen molar-refractivity contribution in [3.63, 3.8) is 0 Å². The Morgan fingerprint density at radius 1 is 1.57 bits per heavy atom. The fraction of sp³-hybridized carbons (Fsp3) is 0.533. The van der Waals surface area contributed by atoms with Gasteiger partial charge in [-0.3, -0.25) is 10.1 Å². The number of nitrogens with zero attached hydrogens (tertiary/aromatic N) is 3. The lowest BCUT2D eigenvalue weighted by Gasteiger charge is -2.34. The van der Waals surface area contributed by atoms with Gasteiger partial charge in [0, 0.05) is 31.5 Å². The number of anilines is 1. The first-order valence-corrected chi connectivity index (χ1v) is 7.20. The molecule has 1 saturated heterocycles. The van der Waals surface area contributed by atoms with E-state index in [4.69, 9.17) is 10.00 Å². The van der Waals surface area contributed by atoms with E-state index in [1.54, 1.807) is 6.07 Å². The van der Waals surface area contributed by atoms with E-state index in [1.807, 2.05) is 6.07 Å². The monoisotopic (exact) mass is 289 g/mol. The molecule has 0 amide bonds. The first-order chi connectivity index (χ1) is 10.2. The number of nitro groups is 1. The first-order valence-electron chi connectivity index (χ1n) is 7.20. The van der Waals surface area contributed by atoms with Gasteiger partial charge in [0.15, 0.2) is 0 Å². The third-order valence-electron chi connectivity index (χ3n) is 3.60. The molecule has 0 aliphatic carbocycles. The van der Waals surface area contributed by atoms with E-state index >= 15 is 0 Å². The van der Waals surface area contributed by atoms with Gasteiger partial charge < -0.3 is 9.64 Å². The Kier molecular flexibility index (Phi) is 5.12. The van der Waals surface area contributed by atoms with Gasteiger partial charge in [-0.2, -0.15) is 5.26 Å². The van der Waals surface area contributed by atoms with E-state index in [9.17, 15) is 10.1 Å². The summed E-state index contributed by atoms with van der Waals surface area (Å²) in [6.07, 6.45) is 3.18. The molecule has 1 atom stereocenters. The lowest BCUT2D eigenvalue weighted by atomic mass is 10.1. The van der Waals surface area contributed by atoms with Crippen LogP contribution < -0.4 is 4.90 Å². The van der Waals surface area contributed by atoms with E-state index < -0.39 is 4.92 Å². The van der Waals surface area contributed by atoms with Gasteiger partial charge >= 0.3 is 0 Å². The van der Waals surface area contributed by atoms with Crippen molar-refractivity contribution >= 4 is 11.4 Å². The Labute approximate surface area is 124 Å². The van der Waals surface area contributed by atoms with Gasteiger partial charge in [-0.25, -0.2) is 0 Å². The maximum atomic E-state index is 11.0. The van der Waals surface area contributed by atoms with Crippen molar-refractivity contribution in [2.75, 3.05) is 24.6 Å². The molecule has 1 aromatic carbocycles. The minimum Gasteiger partial charge on any atom is -0.376 e. The highest BCUT2D eigenvalue weighted by Crippen LogP contribution is 2.27. The molecule has 6 nitrogen and oxygen atoms in total. The van der Waals surface area contributed by atoms with Crippen LogP contribution in [0.25, 0.3) is 0 Å². The fourth-order valence-electron chi connectivity index (χ4n) is 2.56. The number of ether oxygens (including phenoxy) is 1. The third kappa shape index (κ3) is 3.70. The number of piperidine rings is 1. The Balaban J connectivity index is 2.16. The molecule has 0 aromatic heterocycles. The molecule has 0 bridgehead atoms. The van der Waals surface area contributed by atoms with Crippen molar-refractivity contribution in [2.45, 2.75) is 32.3 Å². The number of benzene rings is 1. The van der Waals surface area contributed by atoms with Crippen molar-refractivity contribution in [3.8, 4) is 6.07 Å². The standard InChI is InChI=1S/C15H19N3O3/c1-2-8-21-14-4-3-7-17(11-14)13-6-5-12(10-16)15(9-13)18(19)20/h5-6,9,14H,2-4,7-8,11H2,1H3. The number of hydrogen-bond donors (Lipinski definition) is 0. The summed E-state index contributed by atoms with van der Waals surface area (Å²) >= 11 is 0. The Bertz CT molecular complexity index is 554. The summed E-state index contributed by atoms with van der Waals surface area (Å²) in [5.74, 6) is 0. The quantitative estimate of drug-likeness (QED) is 0.615. The minimum absolute atomic E-state index is 0.0968. The zero-order valence-corrected chi connectivity index (χ0v) is 12.1. The van der Waals surface area contributed by atoms with E-state index in [2.05, 4.69) is 11.8 Å². The average Bonchev–Trinajstić information content (AvgIpc) is 2.52. The molecule has 1 aromatic rings. The van der Waals surface area contributed by atoms with Crippen molar-refractivity contribution in [3.05, 3.63) is 33.9 Å². The lowest BCUT2D eigenvalue weighted by Crippen LogP contribution is -2.39. The lowest BCUT2D eigenvalue weighted by molar-refractivity contribution is -0.385. The predicted octanol–water partition coefficient (Wildman–Crippen LogP) is 2.86. The topological polar surface area (TPSA) is 79.4 Å². The number of nitriles is 1. The maximum absolute atomic E-state index is 11.0. The van der Waals surface area contributed by atoms with Crippen LogP contribution in [0, 0.1) is 21.4 Å². The van der Waals surface area contributed by atoms with Crippen LogP contribution in [0.2, 0.25) is 0 Å². The van der Waals surface area contributed by atoms with E-state index in [0.29, 0.717) is 0 Å². The normalized spacial score (nSPS) is 18.3. The average molecular weight is 289 g/mol. The molecule has 1 fully saturated rings. The second-order valence-corrected chi connectivity index (χ2v) is 5.15. The van der Waals surface area contributed by atoms with Gasteiger partial charge in [0.25, 0.3) is 5.69 Å². The minimum atomic E-state index is -0.503. The van der Waals surface area contributed by atoms with Crippen molar-refractivity contribution in [1.82, 2.24) is 0 Å². The summed E-state index contributed by atoms with van der Waals surface area (Å²) in [5.41, 5.74) is 0.747. The van der Waals surface area contributed by atoms with Gasteiger partial charge in [0.1, 0.15) is 11.6 Å². The summed E-state index contributed by atoms with van der Waals surface area (Å²) in [7, 11) is 0. The Morgan fingerprint density at radius 2 is 2.38 bits per heavy atom. The largest absolute Gasteiger partial charge is 0.376 e. The van der Waals surface area contributed by atoms with E-state index in [1.165, 1.54) is 12.1 Å². The second-order valence-electron chi connectivity index (χ2n) is 5.15. The van der Waals surface area contributed by atoms with Crippen LogP contribution in [0.3, 0.4) is 0 Å². The van der Waals surface area contributed by atoms with Crippen LogP contribution in [0.5, 0.6) is 0 Å². The molecular formula is C15H19N3O3. The summed E-state index contributed by atoms with van der Waals surface area (Å²) in [6.45, 7) is 4.41. The molecule has 0 saturated carbocycles. The van der Waals surface area contributed by atoms with Crippen LogP contribution >= 0.6 is 0 Å². The Hall–Kier alpha value is -2.13. The molecule has 1 aliphatic heterocycles.